The lowest BCUT2D eigenvalue weighted by molar-refractivity contribution is -0.137. The van der Waals surface area contributed by atoms with E-state index in [4.69, 9.17) is 28.7 Å². The van der Waals surface area contributed by atoms with Gasteiger partial charge in [0.25, 0.3) is 0 Å². The molecule has 1 heterocycles. The van der Waals surface area contributed by atoms with Crippen LogP contribution in [-0.4, -0.2) is 187 Å². The van der Waals surface area contributed by atoms with Crippen LogP contribution in [0.4, 0.5) is 0 Å². The molecule has 1 aliphatic rings. The molecule has 1 saturated heterocycles. The summed E-state index contributed by atoms with van der Waals surface area (Å²) >= 11 is 0. The normalized spacial score (nSPS) is 23.6. The Morgan fingerprint density at radius 1 is 0.531 bits per heavy atom. The van der Waals surface area contributed by atoms with Crippen molar-refractivity contribution in [3.63, 3.8) is 0 Å². The minimum absolute atomic E-state index is 0.0146. The van der Waals surface area contributed by atoms with E-state index in [-0.39, 0.29) is 95.9 Å². The lowest BCUT2D eigenvalue weighted by Gasteiger charge is -2.29. The monoisotopic (exact) mass is 1150 g/mol. The van der Waals surface area contributed by atoms with Crippen LogP contribution in [0.15, 0.2) is 0 Å². The molecule has 0 spiro atoms. The average Bonchev–Trinajstić information content (AvgIpc) is 3.41. The smallest absolute Gasteiger partial charge is 0.245 e. The van der Waals surface area contributed by atoms with Crippen molar-refractivity contribution in [1.82, 2.24) is 58.5 Å². The molecule has 29 heteroatoms. The molecular formula is C52H98N16O13. The Morgan fingerprint density at radius 2 is 0.963 bits per heavy atom. The van der Waals surface area contributed by atoms with Crippen molar-refractivity contribution < 1.29 is 63.0 Å². The largest absolute Gasteiger partial charge is 0.391 e. The van der Waals surface area contributed by atoms with Crippen molar-refractivity contribution >= 4 is 65.0 Å². The number of nitrogens with two attached hydrogens (primary N) is 5. The molecule has 0 aromatic heterocycles. The molecule has 0 aromatic carbocycles. The van der Waals surface area contributed by atoms with Crippen LogP contribution < -0.4 is 87.2 Å². The van der Waals surface area contributed by atoms with Crippen molar-refractivity contribution in [2.75, 3.05) is 39.3 Å². The number of aliphatic hydroxyl groups excluding tert-OH is 2. The fourth-order valence-electron chi connectivity index (χ4n) is 8.60. The van der Waals surface area contributed by atoms with Gasteiger partial charge in [0.2, 0.25) is 65.0 Å². The van der Waals surface area contributed by atoms with E-state index in [0.717, 1.165) is 12.8 Å². The highest BCUT2D eigenvalue weighted by atomic mass is 16.3. The third-order valence-corrected chi connectivity index (χ3v) is 13.4. The van der Waals surface area contributed by atoms with Gasteiger partial charge in [-0.2, -0.15) is 0 Å². The first-order chi connectivity index (χ1) is 38.2. The standard InChI is InChI=1S/C52H98N16O13/c1-9-29(6)11-10-12-40(71)59-32(13-19-53)47(76)68-42(31(8)70)52(81)64-35(16-22-56)44(73)63-37-18-24-58-51(80)41(30(7)69)67-48(77)36(17-23-57)61-43(72)33(14-20-54)62-49(78)38(25-27(2)3)66-50(79)39(26-28(4)5)65-45(74)34(15-21-55)60-46(37)75/h27-39,41-42,69-70H,9-26,53-57H2,1-8H3,(H,58,80)(H,59,71)(H,60,75)(H,61,72)(H,62,78)(H,63,73)(H,64,81)(H,65,74)(H,66,79)(H,67,77)(H,68,76)/t29?,30-,31-,32-,33+,34+,35+,36+,37+,38+,39-,41+,42+/m1/s1. The molecule has 29 nitrogen and oxygen atoms in total. The van der Waals surface area contributed by atoms with E-state index in [1.807, 2.05) is 6.92 Å². The third-order valence-electron chi connectivity index (χ3n) is 13.4. The number of carbonyl (C=O) groups is 11. The fraction of sp³-hybridized carbons (Fsp3) is 0.788. The summed E-state index contributed by atoms with van der Waals surface area (Å²) in [6.07, 6.45) is -1.79. The van der Waals surface area contributed by atoms with Gasteiger partial charge in [0.05, 0.1) is 12.2 Å². The quantitative estimate of drug-likeness (QED) is 0.0347. The summed E-state index contributed by atoms with van der Waals surface area (Å²) in [7, 11) is 0. The Bertz CT molecular complexity index is 2050. The second-order valence-electron chi connectivity index (χ2n) is 21.6. The van der Waals surface area contributed by atoms with E-state index in [1.165, 1.54) is 13.8 Å². The first-order valence-electron chi connectivity index (χ1n) is 28.3. The van der Waals surface area contributed by atoms with Gasteiger partial charge in [-0.15, -0.1) is 0 Å². The van der Waals surface area contributed by atoms with Gasteiger partial charge in [-0.3, -0.25) is 52.7 Å². The summed E-state index contributed by atoms with van der Waals surface area (Å²) in [5.41, 5.74) is 29.2. The molecule has 1 unspecified atom stereocenters. The van der Waals surface area contributed by atoms with Gasteiger partial charge >= 0.3 is 0 Å². The highest BCUT2D eigenvalue weighted by molar-refractivity contribution is 5.99. The molecule has 0 bridgehead atoms. The van der Waals surface area contributed by atoms with Crippen LogP contribution in [-0.2, 0) is 52.7 Å². The Hall–Kier alpha value is -6.11. The SMILES string of the molecule is CCC(C)CCCC(=O)N[C@H](CCN)C(=O)N[C@H](C(=O)N[C@@H](CCN)C(=O)N[C@H]1CCNC(=O)[C@H]([C@@H](C)O)NC(=O)[C@H](CCN)NC(=O)[C@H](CCN)NC(=O)[C@H](CC(C)C)NC(=O)[C@@H](CC(C)C)NC(=O)[C@H](CCN)NC1=O)[C@@H](C)O. The van der Waals surface area contributed by atoms with Gasteiger partial charge in [-0.1, -0.05) is 54.4 Å². The topological polar surface area (TPSA) is 491 Å². The number of hydrogen-bond acceptors (Lipinski definition) is 18. The maximum Gasteiger partial charge on any atom is 0.245 e. The third kappa shape index (κ3) is 27.0. The van der Waals surface area contributed by atoms with Gasteiger partial charge in [0.1, 0.15) is 60.4 Å². The lowest BCUT2D eigenvalue weighted by atomic mass is 9.99. The van der Waals surface area contributed by atoms with E-state index in [1.54, 1.807) is 27.7 Å². The molecule has 0 aliphatic carbocycles. The van der Waals surface area contributed by atoms with Gasteiger partial charge in [0, 0.05) is 13.0 Å². The zero-order valence-corrected chi connectivity index (χ0v) is 48.7. The summed E-state index contributed by atoms with van der Waals surface area (Å²) < 4.78 is 0. The van der Waals surface area contributed by atoms with E-state index >= 15 is 0 Å². The van der Waals surface area contributed by atoms with Gasteiger partial charge < -0.3 is 97.4 Å². The fourth-order valence-corrected chi connectivity index (χ4v) is 8.60. The van der Waals surface area contributed by atoms with Crippen LogP contribution in [0.1, 0.15) is 132 Å². The van der Waals surface area contributed by atoms with Crippen LogP contribution >= 0.6 is 0 Å². The van der Waals surface area contributed by atoms with Crippen LogP contribution in [0.25, 0.3) is 0 Å². The highest BCUT2D eigenvalue weighted by Crippen LogP contribution is 2.13. The van der Waals surface area contributed by atoms with Crippen LogP contribution in [0.3, 0.4) is 0 Å². The Balaban J connectivity index is 3.84. The van der Waals surface area contributed by atoms with Crippen molar-refractivity contribution in [2.24, 2.45) is 46.4 Å². The first kappa shape index (κ1) is 72.9. The van der Waals surface area contributed by atoms with Crippen molar-refractivity contribution in [1.29, 1.82) is 0 Å². The minimum Gasteiger partial charge on any atom is -0.391 e. The van der Waals surface area contributed by atoms with E-state index in [0.29, 0.717) is 12.3 Å². The highest BCUT2D eigenvalue weighted by Gasteiger charge is 2.37. The molecule has 13 atom stereocenters. The van der Waals surface area contributed by atoms with Crippen molar-refractivity contribution in [2.45, 2.75) is 205 Å². The first-order valence-corrected chi connectivity index (χ1v) is 28.3. The summed E-state index contributed by atoms with van der Waals surface area (Å²) in [4.78, 5) is 153. The lowest BCUT2D eigenvalue weighted by Crippen LogP contribution is -2.62. The number of amides is 11. The molecule has 1 rings (SSSR count). The van der Waals surface area contributed by atoms with E-state index in [2.05, 4.69) is 65.4 Å². The molecule has 23 N–H and O–H groups in total. The molecule has 464 valence electrons. The number of hydrogen-bond donors (Lipinski definition) is 18. The molecule has 1 fully saturated rings. The van der Waals surface area contributed by atoms with E-state index in [9.17, 15) is 63.0 Å². The minimum atomic E-state index is -1.69. The molecular weight excluding hydrogens is 1060 g/mol. The zero-order valence-electron chi connectivity index (χ0n) is 48.7. The molecule has 11 amide bonds. The molecule has 81 heavy (non-hydrogen) atoms. The maximum absolute atomic E-state index is 14.4. The van der Waals surface area contributed by atoms with Crippen LogP contribution in [0.5, 0.6) is 0 Å². The second kappa shape index (κ2) is 38.6. The average molecular weight is 1160 g/mol. The summed E-state index contributed by atoms with van der Waals surface area (Å²) in [6.45, 7) is 12.5. The zero-order chi connectivity index (χ0) is 61.5. The van der Waals surface area contributed by atoms with E-state index < -0.39 is 151 Å². The molecule has 0 aromatic rings. The Labute approximate surface area is 475 Å². The predicted octanol–water partition coefficient (Wildman–Crippen LogP) is -5.83. The number of rotatable bonds is 28. The maximum atomic E-state index is 14.4. The molecule has 1 aliphatic heterocycles. The van der Waals surface area contributed by atoms with Gasteiger partial charge in [-0.05, 0) is 122 Å². The van der Waals surface area contributed by atoms with Crippen LogP contribution in [0, 0.1) is 17.8 Å². The summed E-state index contributed by atoms with van der Waals surface area (Å²) in [6, 6.07) is -14.5. The van der Waals surface area contributed by atoms with Gasteiger partial charge in [-0.25, -0.2) is 0 Å². The summed E-state index contributed by atoms with van der Waals surface area (Å²) in [5, 5.41) is 49.5. The van der Waals surface area contributed by atoms with Gasteiger partial charge in [0.15, 0.2) is 0 Å². The number of carbonyl (C=O) groups excluding carboxylic acids is 11. The van der Waals surface area contributed by atoms with Crippen molar-refractivity contribution in [3.8, 4) is 0 Å². The predicted molar refractivity (Wildman–Crippen MR) is 301 cm³/mol. The van der Waals surface area contributed by atoms with Crippen LogP contribution in [0.2, 0.25) is 0 Å². The number of nitrogens with one attached hydrogen (secondary N) is 11. The Kier molecular flexibility index (Phi) is 34.7. The van der Waals surface area contributed by atoms with Crippen molar-refractivity contribution in [3.05, 3.63) is 0 Å². The second-order valence-corrected chi connectivity index (χ2v) is 21.6. The summed E-state index contributed by atoms with van der Waals surface area (Å²) in [5.74, 6) is -9.60. The Morgan fingerprint density at radius 3 is 1.38 bits per heavy atom. The number of aliphatic hydroxyl groups is 2. The molecule has 0 radical (unpaired) electrons. The molecule has 0 saturated carbocycles.